The number of anilines is 1. The lowest BCUT2D eigenvalue weighted by atomic mass is 9.99. The first-order valence-electron chi connectivity index (χ1n) is 11.0. The third-order valence-corrected chi connectivity index (χ3v) is 6.01. The van der Waals surface area contributed by atoms with E-state index in [0.29, 0.717) is 0 Å². The normalized spacial score (nSPS) is 18.7. The summed E-state index contributed by atoms with van der Waals surface area (Å²) in [4.78, 5) is 11.4. The van der Waals surface area contributed by atoms with Gasteiger partial charge in [-0.2, -0.15) is 0 Å². The monoisotopic (exact) mass is 425 g/mol. The molecule has 0 saturated carbocycles. The van der Waals surface area contributed by atoms with Crippen LogP contribution in [0.5, 0.6) is 5.75 Å². The number of hydrogen-bond donors (Lipinski definition) is 0. The maximum atomic E-state index is 5.90. The van der Waals surface area contributed by atoms with Crippen LogP contribution in [0.15, 0.2) is 73.2 Å². The van der Waals surface area contributed by atoms with Crippen LogP contribution >= 0.6 is 0 Å². The molecule has 5 rings (SSSR count). The Bertz CT molecular complexity index is 1220. The molecule has 0 amide bonds. The number of aromatic nitrogens is 2. The Kier molecular flexibility index (Phi) is 5.50. The molecule has 2 aromatic heterocycles. The van der Waals surface area contributed by atoms with Crippen molar-refractivity contribution in [3.8, 4) is 28.0 Å². The first-order valence-corrected chi connectivity index (χ1v) is 11.0. The molecule has 3 heterocycles. The molecule has 1 saturated heterocycles. The van der Waals surface area contributed by atoms with Gasteiger partial charge in [-0.15, -0.1) is 0 Å². The first kappa shape index (κ1) is 20.5. The minimum Gasteiger partial charge on any atom is -0.495 e. The van der Waals surface area contributed by atoms with Crippen molar-refractivity contribution in [1.29, 1.82) is 0 Å². The van der Waals surface area contributed by atoms with Crippen LogP contribution in [-0.2, 0) is 4.74 Å². The Morgan fingerprint density at radius 2 is 1.56 bits per heavy atom. The maximum Gasteiger partial charge on any atom is 0.137 e. The summed E-state index contributed by atoms with van der Waals surface area (Å²) in [6.45, 7) is 6.07. The van der Waals surface area contributed by atoms with E-state index in [2.05, 4.69) is 66.2 Å². The van der Waals surface area contributed by atoms with Crippen LogP contribution in [-0.4, -0.2) is 42.4 Å². The third-order valence-electron chi connectivity index (χ3n) is 6.01. The summed E-state index contributed by atoms with van der Waals surface area (Å²) in [6.07, 6.45) is 5.99. The molecule has 0 N–H and O–H groups in total. The van der Waals surface area contributed by atoms with E-state index in [1.54, 1.807) is 19.5 Å². The Morgan fingerprint density at radius 1 is 0.875 bits per heavy atom. The van der Waals surface area contributed by atoms with Crippen molar-refractivity contribution >= 4 is 16.6 Å². The lowest BCUT2D eigenvalue weighted by Crippen LogP contribution is -2.45. The second kappa shape index (κ2) is 8.60. The standard InChI is InChI=1S/C27H27N3O2/c1-18-16-30(17-19(2)32-18)22-9-7-20(8-10-22)25-15-29-26-23(21-11-13-28-14-12-21)5-4-6-24(26)27(25)31-3/h4-15,18-19H,16-17H2,1-3H3/t18-,19+. The molecule has 0 unspecified atom stereocenters. The molecule has 0 aliphatic carbocycles. The summed E-state index contributed by atoms with van der Waals surface area (Å²) in [6, 6.07) is 18.9. The zero-order valence-electron chi connectivity index (χ0n) is 18.7. The molecule has 32 heavy (non-hydrogen) atoms. The van der Waals surface area contributed by atoms with Gasteiger partial charge in [-0.3, -0.25) is 9.97 Å². The fourth-order valence-corrected chi connectivity index (χ4v) is 4.63. The second-order valence-electron chi connectivity index (χ2n) is 8.35. The zero-order valence-corrected chi connectivity index (χ0v) is 18.7. The number of methoxy groups -OCH3 is 1. The molecule has 1 aliphatic rings. The number of benzene rings is 2. The highest BCUT2D eigenvalue weighted by atomic mass is 16.5. The van der Waals surface area contributed by atoms with Gasteiger partial charge in [-0.25, -0.2) is 0 Å². The predicted molar refractivity (Wildman–Crippen MR) is 129 cm³/mol. The molecule has 0 spiro atoms. The fraction of sp³-hybridized carbons (Fsp3) is 0.259. The van der Waals surface area contributed by atoms with Gasteiger partial charge in [0.2, 0.25) is 0 Å². The van der Waals surface area contributed by atoms with Gasteiger partial charge in [0.15, 0.2) is 0 Å². The van der Waals surface area contributed by atoms with E-state index in [1.165, 1.54) is 5.69 Å². The number of morpholine rings is 1. The molecule has 4 aromatic rings. The summed E-state index contributed by atoms with van der Waals surface area (Å²) < 4.78 is 11.8. The molecule has 0 bridgehead atoms. The Labute approximate surface area is 188 Å². The van der Waals surface area contributed by atoms with E-state index in [9.17, 15) is 0 Å². The molecule has 162 valence electrons. The SMILES string of the molecule is COc1c(-c2ccc(N3C[C@@H](C)O[C@@H](C)C3)cc2)cnc2c(-c3ccncc3)cccc12. The number of rotatable bonds is 4. The van der Waals surface area contributed by atoms with Crippen LogP contribution < -0.4 is 9.64 Å². The summed E-state index contributed by atoms with van der Waals surface area (Å²) >= 11 is 0. The summed E-state index contributed by atoms with van der Waals surface area (Å²) in [5.41, 5.74) is 6.37. The summed E-state index contributed by atoms with van der Waals surface area (Å²) in [5.74, 6) is 0.840. The van der Waals surface area contributed by atoms with Gasteiger partial charge < -0.3 is 14.4 Å². The molecule has 2 aromatic carbocycles. The largest absolute Gasteiger partial charge is 0.495 e. The predicted octanol–water partition coefficient (Wildman–Crippen LogP) is 5.59. The molecule has 0 radical (unpaired) electrons. The van der Waals surface area contributed by atoms with Crippen LogP contribution in [0.3, 0.4) is 0 Å². The van der Waals surface area contributed by atoms with Crippen molar-refractivity contribution in [2.24, 2.45) is 0 Å². The Balaban J connectivity index is 1.53. The number of para-hydroxylation sites is 1. The molecule has 2 atom stereocenters. The molecule has 5 nitrogen and oxygen atoms in total. The van der Waals surface area contributed by atoms with Crippen molar-refractivity contribution in [1.82, 2.24) is 9.97 Å². The van der Waals surface area contributed by atoms with Gasteiger partial charge in [0.25, 0.3) is 0 Å². The lowest BCUT2D eigenvalue weighted by molar-refractivity contribution is -0.00521. The fourth-order valence-electron chi connectivity index (χ4n) is 4.63. The van der Waals surface area contributed by atoms with Gasteiger partial charge >= 0.3 is 0 Å². The number of fused-ring (bicyclic) bond motifs is 1. The molecular formula is C27H27N3O2. The third kappa shape index (κ3) is 3.80. The molecule has 1 fully saturated rings. The lowest BCUT2D eigenvalue weighted by Gasteiger charge is -2.36. The Morgan fingerprint density at radius 3 is 2.25 bits per heavy atom. The van der Waals surface area contributed by atoms with Gasteiger partial charge in [0, 0.05) is 53.9 Å². The van der Waals surface area contributed by atoms with E-state index in [4.69, 9.17) is 14.5 Å². The van der Waals surface area contributed by atoms with E-state index in [1.807, 2.05) is 18.3 Å². The second-order valence-corrected chi connectivity index (χ2v) is 8.35. The van der Waals surface area contributed by atoms with Gasteiger partial charge in [-0.05, 0) is 55.3 Å². The van der Waals surface area contributed by atoms with Crippen molar-refractivity contribution in [2.75, 3.05) is 25.1 Å². The van der Waals surface area contributed by atoms with Crippen molar-refractivity contribution in [3.63, 3.8) is 0 Å². The van der Waals surface area contributed by atoms with Gasteiger partial charge in [-0.1, -0.05) is 24.3 Å². The van der Waals surface area contributed by atoms with Gasteiger partial charge in [0.1, 0.15) is 5.75 Å². The average Bonchev–Trinajstić information content (AvgIpc) is 2.83. The number of nitrogens with zero attached hydrogens (tertiary/aromatic N) is 3. The van der Waals surface area contributed by atoms with Crippen LogP contribution in [0, 0.1) is 0 Å². The summed E-state index contributed by atoms with van der Waals surface area (Å²) in [5, 5.41) is 0.999. The minimum absolute atomic E-state index is 0.234. The topological polar surface area (TPSA) is 47.5 Å². The maximum absolute atomic E-state index is 5.90. The molecule has 5 heteroatoms. The van der Waals surface area contributed by atoms with E-state index in [-0.39, 0.29) is 12.2 Å². The minimum atomic E-state index is 0.234. The first-order chi connectivity index (χ1) is 15.6. The van der Waals surface area contributed by atoms with Crippen LogP contribution in [0.1, 0.15) is 13.8 Å². The highest BCUT2D eigenvalue weighted by molar-refractivity contribution is 6.00. The smallest absolute Gasteiger partial charge is 0.137 e. The Hall–Kier alpha value is -3.44. The van der Waals surface area contributed by atoms with Crippen LogP contribution in [0.4, 0.5) is 5.69 Å². The van der Waals surface area contributed by atoms with E-state index in [0.717, 1.165) is 52.0 Å². The van der Waals surface area contributed by atoms with Crippen LogP contribution in [0.25, 0.3) is 33.2 Å². The van der Waals surface area contributed by atoms with E-state index >= 15 is 0 Å². The van der Waals surface area contributed by atoms with Crippen molar-refractivity contribution in [3.05, 3.63) is 73.2 Å². The number of hydrogen-bond acceptors (Lipinski definition) is 5. The van der Waals surface area contributed by atoms with Crippen LogP contribution in [0.2, 0.25) is 0 Å². The molecule has 1 aliphatic heterocycles. The van der Waals surface area contributed by atoms with Crippen molar-refractivity contribution in [2.45, 2.75) is 26.1 Å². The van der Waals surface area contributed by atoms with E-state index < -0.39 is 0 Å². The highest BCUT2D eigenvalue weighted by Crippen LogP contribution is 2.39. The quantitative estimate of drug-likeness (QED) is 0.427. The van der Waals surface area contributed by atoms with Gasteiger partial charge in [0.05, 0.1) is 24.8 Å². The zero-order chi connectivity index (χ0) is 22.1. The summed E-state index contributed by atoms with van der Waals surface area (Å²) in [7, 11) is 1.72. The highest BCUT2D eigenvalue weighted by Gasteiger charge is 2.22. The molecular weight excluding hydrogens is 398 g/mol. The van der Waals surface area contributed by atoms with Crippen molar-refractivity contribution < 1.29 is 9.47 Å². The average molecular weight is 426 g/mol. The number of ether oxygens (including phenoxy) is 2. The number of pyridine rings is 2.